The van der Waals surface area contributed by atoms with E-state index in [-0.39, 0.29) is 11.9 Å². The van der Waals surface area contributed by atoms with Gasteiger partial charge in [-0.15, -0.1) is 0 Å². The average Bonchev–Trinajstić information content (AvgIpc) is 3.44. The molecule has 1 atom stereocenters. The number of nitrogens with one attached hydrogen (secondary N) is 1. The van der Waals surface area contributed by atoms with Crippen LogP contribution < -0.4 is 10.1 Å². The minimum Gasteiger partial charge on any atom is -0.489 e. The maximum absolute atomic E-state index is 12.5. The molecular formula is C24H25N5O3. The van der Waals surface area contributed by atoms with Gasteiger partial charge in [0.05, 0.1) is 29.4 Å². The van der Waals surface area contributed by atoms with Crippen LogP contribution in [0, 0.1) is 13.8 Å². The van der Waals surface area contributed by atoms with E-state index in [1.807, 2.05) is 69.3 Å². The Kier molecular flexibility index (Phi) is 6.30. The molecule has 0 fully saturated rings. The van der Waals surface area contributed by atoms with E-state index in [4.69, 9.17) is 9.26 Å². The Morgan fingerprint density at radius 3 is 2.50 bits per heavy atom. The van der Waals surface area contributed by atoms with Crippen molar-refractivity contribution in [3.63, 3.8) is 0 Å². The van der Waals surface area contributed by atoms with Crippen molar-refractivity contribution in [2.75, 3.05) is 0 Å². The Morgan fingerprint density at radius 1 is 1.12 bits per heavy atom. The molecule has 0 spiro atoms. The van der Waals surface area contributed by atoms with E-state index in [1.165, 1.54) is 6.33 Å². The fourth-order valence-corrected chi connectivity index (χ4v) is 3.39. The molecule has 164 valence electrons. The van der Waals surface area contributed by atoms with Gasteiger partial charge in [-0.2, -0.15) is 5.10 Å². The van der Waals surface area contributed by atoms with Crippen LogP contribution in [0.15, 0.2) is 65.7 Å². The number of hydrogen-bond donors (Lipinski definition) is 1. The van der Waals surface area contributed by atoms with Gasteiger partial charge in [-0.25, -0.2) is 9.67 Å². The molecule has 0 aliphatic rings. The van der Waals surface area contributed by atoms with Crippen molar-refractivity contribution in [1.29, 1.82) is 0 Å². The van der Waals surface area contributed by atoms with Crippen LogP contribution in [0.3, 0.4) is 0 Å². The molecule has 2 aromatic carbocycles. The van der Waals surface area contributed by atoms with E-state index in [1.54, 1.807) is 11.0 Å². The number of aryl methyl sites for hydroxylation is 2. The predicted octanol–water partition coefficient (Wildman–Crippen LogP) is 3.87. The predicted molar refractivity (Wildman–Crippen MR) is 118 cm³/mol. The van der Waals surface area contributed by atoms with E-state index in [9.17, 15) is 4.79 Å². The molecule has 32 heavy (non-hydrogen) atoms. The number of benzene rings is 2. The Labute approximate surface area is 186 Å². The number of carbonyl (C=O) groups is 1. The second-order valence-electron chi connectivity index (χ2n) is 7.63. The van der Waals surface area contributed by atoms with Gasteiger partial charge in [-0.1, -0.05) is 29.4 Å². The van der Waals surface area contributed by atoms with Gasteiger partial charge in [0, 0.05) is 0 Å². The maximum Gasteiger partial charge on any atom is 0.224 e. The normalized spacial score (nSPS) is 11.8. The number of nitrogens with zero attached hydrogens (tertiary/aromatic N) is 4. The van der Waals surface area contributed by atoms with Gasteiger partial charge in [0.2, 0.25) is 5.91 Å². The minimum atomic E-state index is -0.107. The number of ether oxygens (including phenoxy) is 1. The van der Waals surface area contributed by atoms with Gasteiger partial charge in [-0.3, -0.25) is 4.79 Å². The summed E-state index contributed by atoms with van der Waals surface area (Å²) in [7, 11) is 0. The largest absolute Gasteiger partial charge is 0.489 e. The molecule has 4 aromatic rings. The standard InChI is InChI=1S/C24H25N5O3/c1-16(20-6-8-21(9-7-20)29-15-25-14-26-29)27-24(30)12-19-4-10-22(11-5-19)31-13-23-17(2)28-32-18(23)3/h4-11,14-16H,12-13H2,1-3H3,(H,27,30). The minimum absolute atomic E-state index is 0.0396. The lowest BCUT2D eigenvalue weighted by Crippen LogP contribution is -2.28. The summed E-state index contributed by atoms with van der Waals surface area (Å²) < 4.78 is 12.7. The van der Waals surface area contributed by atoms with E-state index in [0.717, 1.165) is 39.6 Å². The number of amides is 1. The molecule has 0 bridgehead atoms. The first-order valence-corrected chi connectivity index (χ1v) is 10.4. The Hall–Kier alpha value is -3.94. The van der Waals surface area contributed by atoms with E-state index in [2.05, 4.69) is 20.6 Å². The van der Waals surface area contributed by atoms with Crippen molar-refractivity contribution in [3.05, 3.63) is 89.3 Å². The van der Waals surface area contributed by atoms with Crippen molar-refractivity contribution < 1.29 is 14.1 Å². The molecule has 0 radical (unpaired) electrons. The van der Waals surface area contributed by atoms with Crippen LogP contribution in [-0.4, -0.2) is 25.8 Å². The molecule has 1 amide bonds. The summed E-state index contributed by atoms with van der Waals surface area (Å²) in [6.07, 6.45) is 3.44. The molecule has 2 aromatic heterocycles. The summed E-state index contributed by atoms with van der Waals surface area (Å²) in [4.78, 5) is 16.5. The zero-order chi connectivity index (χ0) is 22.5. The third-order valence-corrected chi connectivity index (χ3v) is 5.31. The molecule has 0 aliphatic heterocycles. The summed E-state index contributed by atoms with van der Waals surface area (Å²) >= 11 is 0. The lowest BCUT2D eigenvalue weighted by atomic mass is 10.1. The highest BCUT2D eigenvalue weighted by molar-refractivity contribution is 5.79. The SMILES string of the molecule is Cc1noc(C)c1COc1ccc(CC(=O)NC(C)c2ccc(-n3cncn3)cc2)cc1. The first-order chi connectivity index (χ1) is 15.5. The molecule has 0 saturated carbocycles. The van der Waals surface area contributed by atoms with Crippen molar-refractivity contribution >= 4 is 5.91 Å². The van der Waals surface area contributed by atoms with Crippen LogP contribution in [-0.2, 0) is 17.8 Å². The third-order valence-electron chi connectivity index (χ3n) is 5.31. The summed E-state index contributed by atoms with van der Waals surface area (Å²) in [5.41, 5.74) is 4.64. The average molecular weight is 431 g/mol. The maximum atomic E-state index is 12.5. The van der Waals surface area contributed by atoms with Crippen molar-refractivity contribution in [2.24, 2.45) is 0 Å². The lowest BCUT2D eigenvalue weighted by Gasteiger charge is -2.15. The molecule has 0 saturated heterocycles. The summed E-state index contributed by atoms with van der Waals surface area (Å²) in [6.45, 7) is 6.12. The molecule has 4 rings (SSSR count). The summed E-state index contributed by atoms with van der Waals surface area (Å²) in [6, 6.07) is 15.3. The Bertz CT molecular complexity index is 1150. The van der Waals surface area contributed by atoms with E-state index >= 15 is 0 Å². The number of rotatable bonds is 8. The van der Waals surface area contributed by atoms with E-state index in [0.29, 0.717) is 13.0 Å². The lowest BCUT2D eigenvalue weighted by molar-refractivity contribution is -0.121. The molecule has 1 N–H and O–H groups in total. The quantitative estimate of drug-likeness (QED) is 0.455. The highest BCUT2D eigenvalue weighted by Gasteiger charge is 2.12. The molecule has 8 nitrogen and oxygen atoms in total. The topological polar surface area (TPSA) is 95.1 Å². The third kappa shape index (κ3) is 5.03. The van der Waals surface area contributed by atoms with E-state index < -0.39 is 0 Å². The van der Waals surface area contributed by atoms with Gasteiger partial charge in [0.1, 0.15) is 30.8 Å². The van der Waals surface area contributed by atoms with Crippen LogP contribution in [0.1, 0.15) is 41.1 Å². The van der Waals surface area contributed by atoms with Crippen LogP contribution in [0.2, 0.25) is 0 Å². The van der Waals surface area contributed by atoms with Gasteiger partial charge >= 0.3 is 0 Å². The number of hydrogen-bond acceptors (Lipinski definition) is 6. The van der Waals surface area contributed by atoms with Crippen molar-refractivity contribution in [1.82, 2.24) is 25.2 Å². The zero-order valence-electron chi connectivity index (χ0n) is 18.3. The van der Waals surface area contributed by atoms with Gasteiger partial charge < -0.3 is 14.6 Å². The molecule has 1 unspecified atom stereocenters. The molecular weight excluding hydrogens is 406 g/mol. The van der Waals surface area contributed by atoms with Gasteiger partial charge in [0.15, 0.2) is 0 Å². The fraction of sp³-hybridized carbons (Fsp3) is 0.250. The highest BCUT2D eigenvalue weighted by atomic mass is 16.5. The van der Waals surface area contributed by atoms with Gasteiger partial charge in [0.25, 0.3) is 0 Å². The smallest absolute Gasteiger partial charge is 0.224 e. The first kappa shape index (κ1) is 21.3. The highest BCUT2D eigenvalue weighted by Crippen LogP contribution is 2.19. The van der Waals surface area contributed by atoms with Crippen molar-refractivity contribution in [3.8, 4) is 11.4 Å². The molecule has 2 heterocycles. The summed E-state index contributed by atoms with van der Waals surface area (Å²) in [5.74, 6) is 1.45. The summed E-state index contributed by atoms with van der Waals surface area (Å²) in [5, 5.41) is 11.1. The second-order valence-corrected chi connectivity index (χ2v) is 7.63. The van der Waals surface area contributed by atoms with Crippen molar-refractivity contribution in [2.45, 2.75) is 39.8 Å². The van der Waals surface area contributed by atoms with Crippen LogP contribution >= 0.6 is 0 Å². The second kappa shape index (κ2) is 9.47. The zero-order valence-corrected chi connectivity index (χ0v) is 18.3. The van der Waals surface area contributed by atoms with Crippen LogP contribution in [0.25, 0.3) is 5.69 Å². The molecule has 0 aliphatic carbocycles. The monoisotopic (exact) mass is 431 g/mol. The Balaban J connectivity index is 1.29. The van der Waals surface area contributed by atoms with Gasteiger partial charge in [-0.05, 0) is 56.2 Å². The number of aromatic nitrogens is 4. The molecule has 8 heteroatoms. The fourth-order valence-electron chi connectivity index (χ4n) is 3.39. The Morgan fingerprint density at radius 2 is 1.88 bits per heavy atom. The number of carbonyl (C=O) groups excluding carboxylic acids is 1. The first-order valence-electron chi connectivity index (χ1n) is 10.4. The van der Waals surface area contributed by atoms with Crippen LogP contribution in [0.4, 0.5) is 0 Å². The van der Waals surface area contributed by atoms with Crippen LogP contribution in [0.5, 0.6) is 5.75 Å².